The molecule has 21 heavy (non-hydrogen) atoms. The predicted molar refractivity (Wildman–Crippen MR) is 79.6 cm³/mol. The minimum atomic E-state index is -0.762. The fraction of sp³-hybridized carbons (Fsp3) is 0.0667. The van der Waals surface area contributed by atoms with Gasteiger partial charge < -0.3 is 15.5 Å². The third-order valence-corrected chi connectivity index (χ3v) is 3.20. The van der Waals surface area contributed by atoms with Gasteiger partial charge in [0.2, 0.25) is 0 Å². The van der Waals surface area contributed by atoms with E-state index in [-0.39, 0.29) is 0 Å². The van der Waals surface area contributed by atoms with Crippen LogP contribution in [0.15, 0.2) is 47.3 Å². The van der Waals surface area contributed by atoms with Crippen molar-refractivity contribution in [2.75, 3.05) is 5.73 Å². The maximum Gasteiger partial charge on any atom is 0.428 e. The molecular weight excluding hydrogens is 270 g/mol. The Morgan fingerprint density at radius 3 is 2.67 bits per heavy atom. The lowest BCUT2D eigenvalue weighted by Gasteiger charge is -2.05. The molecule has 3 N–H and O–H groups in total. The van der Waals surface area contributed by atoms with Gasteiger partial charge in [0.05, 0.1) is 11.0 Å². The quantitative estimate of drug-likeness (QED) is 0.670. The largest absolute Gasteiger partial charge is 0.428 e. The molecule has 0 aliphatic carbocycles. The van der Waals surface area contributed by atoms with Crippen molar-refractivity contribution in [2.24, 2.45) is 0 Å². The molecule has 2 aromatic carbocycles. The smallest absolute Gasteiger partial charge is 0.410 e. The summed E-state index contributed by atoms with van der Waals surface area (Å²) in [6, 6.07) is 11.9. The summed E-state index contributed by atoms with van der Waals surface area (Å²) in [4.78, 5) is 26.7. The number of nitrogens with one attached hydrogen (secondary N) is 1. The van der Waals surface area contributed by atoms with Gasteiger partial charge in [0.25, 0.3) is 0 Å². The summed E-state index contributed by atoms with van der Waals surface area (Å²) in [6.07, 6.45) is -0.762. The SMILES string of the molecule is Cc1cc2c(cc1N)[nH]c(=O)n2C(=O)Oc1ccccc1. The molecule has 3 aromatic rings. The van der Waals surface area contributed by atoms with Crippen LogP contribution in [-0.2, 0) is 0 Å². The van der Waals surface area contributed by atoms with Gasteiger partial charge in [0.1, 0.15) is 5.75 Å². The topological polar surface area (TPSA) is 90.1 Å². The second-order valence-electron chi connectivity index (χ2n) is 4.67. The maximum absolute atomic E-state index is 12.2. The van der Waals surface area contributed by atoms with Gasteiger partial charge in [0.15, 0.2) is 0 Å². The highest BCUT2D eigenvalue weighted by Crippen LogP contribution is 2.19. The molecule has 0 fully saturated rings. The third-order valence-electron chi connectivity index (χ3n) is 3.20. The van der Waals surface area contributed by atoms with Crippen LogP contribution in [0.2, 0.25) is 0 Å². The molecule has 6 nitrogen and oxygen atoms in total. The summed E-state index contributed by atoms with van der Waals surface area (Å²) in [5.74, 6) is 0.371. The molecule has 0 aliphatic rings. The van der Waals surface area contributed by atoms with Gasteiger partial charge in [-0.2, -0.15) is 4.57 Å². The zero-order valence-corrected chi connectivity index (χ0v) is 11.3. The van der Waals surface area contributed by atoms with E-state index in [9.17, 15) is 9.59 Å². The summed E-state index contributed by atoms with van der Waals surface area (Å²) in [7, 11) is 0. The number of carbonyl (C=O) groups is 1. The van der Waals surface area contributed by atoms with Crippen LogP contribution in [0.3, 0.4) is 0 Å². The van der Waals surface area contributed by atoms with Crippen molar-refractivity contribution < 1.29 is 9.53 Å². The summed E-state index contributed by atoms with van der Waals surface area (Å²) < 4.78 is 6.14. The number of H-pyrrole nitrogens is 1. The fourth-order valence-electron chi connectivity index (χ4n) is 2.09. The van der Waals surface area contributed by atoms with E-state index in [1.807, 2.05) is 0 Å². The third kappa shape index (κ3) is 2.27. The number of ether oxygens (including phenoxy) is 1. The summed E-state index contributed by atoms with van der Waals surface area (Å²) in [5, 5.41) is 0. The lowest BCUT2D eigenvalue weighted by molar-refractivity contribution is 0.202. The van der Waals surface area contributed by atoms with Crippen molar-refractivity contribution >= 4 is 22.8 Å². The van der Waals surface area contributed by atoms with Crippen LogP contribution < -0.4 is 16.2 Å². The average Bonchev–Trinajstić information content (AvgIpc) is 2.75. The number of carbonyl (C=O) groups excluding carboxylic acids is 1. The number of aromatic amines is 1. The number of aromatic nitrogens is 2. The Kier molecular flexibility index (Phi) is 2.98. The van der Waals surface area contributed by atoms with Gasteiger partial charge in [0, 0.05) is 5.69 Å². The molecule has 1 heterocycles. The van der Waals surface area contributed by atoms with Crippen molar-refractivity contribution in [3.8, 4) is 5.75 Å². The monoisotopic (exact) mass is 283 g/mol. The molecule has 0 atom stereocenters. The number of rotatable bonds is 1. The number of anilines is 1. The van der Waals surface area contributed by atoms with Crippen LogP contribution in [0.25, 0.3) is 11.0 Å². The van der Waals surface area contributed by atoms with Crippen LogP contribution in [0.5, 0.6) is 5.75 Å². The first-order valence-electron chi connectivity index (χ1n) is 6.34. The number of nitrogens with two attached hydrogens (primary N) is 1. The molecule has 0 radical (unpaired) electrons. The zero-order valence-electron chi connectivity index (χ0n) is 11.3. The van der Waals surface area contributed by atoms with Crippen molar-refractivity contribution in [3.05, 3.63) is 58.5 Å². The van der Waals surface area contributed by atoms with Crippen molar-refractivity contribution in [1.82, 2.24) is 9.55 Å². The molecule has 6 heteroatoms. The Balaban J connectivity index is 2.08. The molecule has 0 saturated carbocycles. The van der Waals surface area contributed by atoms with Gasteiger partial charge in [-0.15, -0.1) is 0 Å². The summed E-state index contributed by atoms with van der Waals surface area (Å²) >= 11 is 0. The molecule has 0 spiro atoms. The van der Waals surface area contributed by atoms with Crippen molar-refractivity contribution in [3.63, 3.8) is 0 Å². The summed E-state index contributed by atoms with van der Waals surface area (Å²) in [6.45, 7) is 1.80. The van der Waals surface area contributed by atoms with E-state index >= 15 is 0 Å². The lowest BCUT2D eigenvalue weighted by Crippen LogP contribution is -2.27. The Hall–Kier alpha value is -3.02. The molecule has 0 amide bonds. The molecule has 3 rings (SSSR count). The maximum atomic E-state index is 12.2. The lowest BCUT2D eigenvalue weighted by atomic mass is 10.2. The van der Waals surface area contributed by atoms with E-state index < -0.39 is 11.8 Å². The number of para-hydroxylation sites is 1. The first-order valence-corrected chi connectivity index (χ1v) is 6.34. The number of nitrogen functional groups attached to an aromatic ring is 1. The highest BCUT2D eigenvalue weighted by molar-refractivity contribution is 5.89. The second-order valence-corrected chi connectivity index (χ2v) is 4.67. The molecule has 0 saturated heterocycles. The number of aryl methyl sites for hydroxylation is 1. The van der Waals surface area contributed by atoms with Crippen LogP contribution in [0.4, 0.5) is 10.5 Å². The predicted octanol–water partition coefficient (Wildman–Crippen LogP) is 2.27. The van der Waals surface area contributed by atoms with E-state index in [1.54, 1.807) is 49.4 Å². The Labute approximate surface area is 119 Å². The normalized spacial score (nSPS) is 10.7. The highest BCUT2D eigenvalue weighted by Gasteiger charge is 2.16. The molecule has 0 bridgehead atoms. The average molecular weight is 283 g/mol. The number of nitrogens with zero attached hydrogens (tertiary/aromatic N) is 1. The second kappa shape index (κ2) is 4.82. The number of hydrogen-bond donors (Lipinski definition) is 2. The molecule has 1 aromatic heterocycles. The van der Waals surface area contributed by atoms with Gasteiger partial charge in [-0.05, 0) is 36.8 Å². The number of benzene rings is 2. The number of hydrogen-bond acceptors (Lipinski definition) is 4. The number of imidazole rings is 1. The van der Waals surface area contributed by atoms with E-state index in [0.29, 0.717) is 22.5 Å². The van der Waals surface area contributed by atoms with E-state index in [4.69, 9.17) is 10.5 Å². The Bertz CT molecular complexity index is 878. The van der Waals surface area contributed by atoms with Crippen molar-refractivity contribution in [1.29, 1.82) is 0 Å². The Morgan fingerprint density at radius 2 is 1.95 bits per heavy atom. The minimum Gasteiger partial charge on any atom is -0.410 e. The first kappa shape index (κ1) is 13.0. The fourth-order valence-corrected chi connectivity index (χ4v) is 2.09. The first-order chi connectivity index (χ1) is 10.1. The van der Waals surface area contributed by atoms with Gasteiger partial charge in [-0.3, -0.25) is 0 Å². The molecule has 0 unspecified atom stereocenters. The Morgan fingerprint density at radius 1 is 1.24 bits per heavy atom. The molecular formula is C15H13N3O3. The van der Waals surface area contributed by atoms with Gasteiger partial charge in [-0.1, -0.05) is 18.2 Å². The summed E-state index contributed by atoms with van der Waals surface area (Å²) in [5.41, 5.74) is 7.50. The van der Waals surface area contributed by atoms with E-state index in [0.717, 1.165) is 10.1 Å². The van der Waals surface area contributed by atoms with E-state index in [1.165, 1.54) is 0 Å². The van der Waals surface area contributed by atoms with E-state index in [2.05, 4.69) is 4.98 Å². The minimum absolute atomic E-state index is 0.371. The van der Waals surface area contributed by atoms with Crippen LogP contribution in [0, 0.1) is 6.92 Å². The molecule has 0 aliphatic heterocycles. The van der Waals surface area contributed by atoms with Gasteiger partial charge in [-0.25, -0.2) is 9.59 Å². The van der Waals surface area contributed by atoms with Crippen LogP contribution in [0.1, 0.15) is 5.56 Å². The van der Waals surface area contributed by atoms with Crippen LogP contribution >= 0.6 is 0 Å². The van der Waals surface area contributed by atoms with Gasteiger partial charge >= 0.3 is 11.8 Å². The highest BCUT2D eigenvalue weighted by atomic mass is 16.6. The zero-order chi connectivity index (χ0) is 15.0. The molecule has 106 valence electrons. The number of fused-ring (bicyclic) bond motifs is 1. The standard InChI is InChI=1S/C15H13N3O3/c1-9-7-13-12(8-11(9)16)17-14(19)18(13)15(20)21-10-5-3-2-4-6-10/h2-8H,16H2,1H3,(H,17,19). The van der Waals surface area contributed by atoms with Crippen molar-refractivity contribution in [2.45, 2.75) is 6.92 Å². The van der Waals surface area contributed by atoms with Crippen LogP contribution in [-0.4, -0.2) is 15.6 Å².